The summed E-state index contributed by atoms with van der Waals surface area (Å²) in [7, 11) is 2.82. The third-order valence-corrected chi connectivity index (χ3v) is 2.71. The molecule has 1 aromatic heterocycles. The summed E-state index contributed by atoms with van der Waals surface area (Å²) in [5.74, 6) is -0.389. The molecule has 1 amide bonds. The lowest BCUT2D eigenvalue weighted by molar-refractivity contribution is -0.143. The summed E-state index contributed by atoms with van der Waals surface area (Å²) in [6.07, 6.45) is -2.85. The number of likely N-dealkylation sites (N-methyl/N-ethyl adjacent to an activating group) is 1. The van der Waals surface area contributed by atoms with Crippen LogP contribution in [-0.2, 0) is 24.6 Å². The molecule has 0 aliphatic rings. The van der Waals surface area contributed by atoms with Gasteiger partial charge in [0.2, 0.25) is 5.91 Å². The van der Waals surface area contributed by atoms with E-state index in [1.807, 2.05) is 0 Å². The van der Waals surface area contributed by atoms with E-state index >= 15 is 0 Å². The zero-order valence-corrected chi connectivity index (χ0v) is 12.3. The lowest BCUT2D eigenvalue weighted by Crippen LogP contribution is -2.41. The molecule has 5 nitrogen and oxygen atoms in total. The van der Waals surface area contributed by atoms with Crippen LogP contribution in [-0.4, -0.2) is 33.7 Å². The number of aryl methyl sites for hydroxylation is 1. The topological polar surface area (TPSA) is 64.2 Å². The fraction of sp³-hybridized carbons (Fsp3) is 0.636. The Balaban J connectivity index is 0.00000361. The monoisotopic (exact) mass is 314 g/mol. The second-order valence-electron chi connectivity index (χ2n) is 4.38. The van der Waals surface area contributed by atoms with E-state index in [0.29, 0.717) is 6.42 Å². The van der Waals surface area contributed by atoms with Gasteiger partial charge in [0.05, 0.1) is 6.04 Å². The molecule has 0 spiro atoms. The maximum absolute atomic E-state index is 12.7. The Morgan fingerprint density at radius 1 is 1.55 bits per heavy atom. The van der Waals surface area contributed by atoms with E-state index in [1.165, 1.54) is 25.2 Å². The van der Waals surface area contributed by atoms with Crippen LogP contribution in [0.4, 0.5) is 13.2 Å². The van der Waals surface area contributed by atoms with Crippen molar-refractivity contribution >= 4 is 18.3 Å². The highest BCUT2D eigenvalue weighted by Crippen LogP contribution is 2.31. The maximum atomic E-state index is 12.7. The molecule has 1 rings (SSSR count). The van der Waals surface area contributed by atoms with Gasteiger partial charge in [-0.05, 0) is 6.42 Å². The number of carbonyl (C=O) groups excluding carboxylic acids is 1. The number of nitrogens with zero attached hydrogens (tertiary/aromatic N) is 3. The largest absolute Gasteiger partial charge is 0.435 e. The number of alkyl halides is 3. The standard InChI is InChI=1S/C11H17F3N4O.ClH/c1-4-8(15)10(19)17(2)5-7-6-18(3)16-9(7)11(12,13)14;/h6,8H,4-5,15H2,1-3H3;1H. The van der Waals surface area contributed by atoms with Gasteiger partial charge in [0.15, 0.2) is 5.69 Å². The molecule has 0 saturated carbocycles. The van der Waals surface area contributed by atoms with Crippen molar-refractivity contribution in [2.45, 2.75) is 32.1 Å². The third kappa shape index (κ3) is 4.38. The van der Waals surface area contributed by atoms with Crippen LogP contribution in [0.25, 0.3) is 0 Å². The number of halogens is 4. The van der Waals surface area contributed by atoms with Crippen LogP contribution in [0.2, 0.25) is 0 Å². The molecule has 0 aliphatic carbocycles. The van der Waals surface area contributed by atoms with Gasteiger partial charge in [-0.3, -0.25) is 9.48 Å². The second-order valence-corrected chi connectivity index (χ2v) is 4.38. The van der Waals surface area contributed by atoms with Crippen LogP contribution >= 0.6 is 12.4 Å². The van der Waals surface area contributed by atoms with Gasteiger partial charge in [0.1, 0.15) is 0 Å². The van der Waals surface area contributed by atoms with Crippen molar-refractivity contribution in [3.05, 3.63) is 17.5 Å². The lowest BCUT2D eigenvalue weighted by Gasteiger charge is -2.20. The molecule has 0 fully saturated rings. The molecule has 2 N–H and O–H groups in total. The molecule has 1 heterocycles. The number of rotatable bonds is 4. The van der Waals surface area contributed by atoms with Crippen molar-refractivity contribution in [1.82, 2.24) is 14.7 Å². The number of nitrogens with two attached hydrogens (primary N) is 1. The molecule has 0 aliphatic heterocycles. The van der Waals surface area contributed by atoms with Gasteiger partial charge in [-0.2, -0.15) is 18.3 Å². The number of aromatic nitrogens is 2. The summed E-state index contributed by atoms with van der Waals surface area (Å²) in [6.45, 7) is 1.57. The van der Waals surface area contributed by atoms with Gasteiger partial charge < -0.3 is 10.6 Å². The molecule has 0 aromatic carbocycles. The summed E-state index contributed by atoms with van der Waals surface area (Å²) in [6, 6.07) is -0.698. The summed E-state index contributed by atoms with van der Waals surface area (Å²) in [4.78, 5) is 12.9. The summed E-state index contributed by atoms with van der Waals surface area (Å²) >= 11 is 0. The van der Waals surface area contributed by atoms with E-state index in [-0.39, 0.29) is 30.4 Å². The van der Waals surface area contributed by atoms with E-state index in [1.54, 1.807) is 6.92 Å². The first-order valence-corrected chi connectivity index (χ1v) is 5.77. The molecule has 0 saturated heterocycles. The highest BCUT2D eigenvalue weighted by Gasteiger charge is 2.37. The van der Waals surface area contributed by atoms with E-state index in [2.05, 4.69) is 5.10 Å². The molecule has 0 radical (unpaired) electrons. The Kier molecular flexibility index (Phi) is 6.49. The fourth-order valence-electron chi connectivity index (χ4n) is 1.68. The molecule has 0 bridgehead atoms. The predicted octanol–water partition coefficient (Wildman–Crippen LogP) is 1.56. The van der Waals surface area contributed by atoms with E-state index in [4.69, 9.17) is 5.73 Å². The number of carbonyl (C=O) groups is 1. The van der Waals surface area contributed by atoms with Gasteiger partial charge in [-0.1, -0.05) is 6.92 Å². The van der Waals surface area contributed by atoms with Crippen LogP contribution < -0.4 is 5.73 Å². The minimum absolute atomic E-state index is 0. The van der Waals surface area contributed by atoms with Crippen LogP contribution in [0, 0.1) is 0 Å². The van der Waals surface area contributed by atoms with Crippen molar-refractivity contribution in [2.24, 2.45) is 12.8 Å². The van der Waals surface area contributed by atoms with Crippen LogP contribution in [0.15, 0.2) is 6.20 Å². The smallest absolute Gasteiger partial charge is 0.340 e. The zero-order chi connectivity index (χ0) is 14.8. The lowest BCUT2D eigenvalue weighted by atomic mass is 10.2. The van der Waals surface area contributed by atoms with E-state index in [0.717, 1.165) is 4.68 Å². The molecule has 1 aromatic rings. The van der Waals surface area contributed by atoms with Gasteiger partial charge in [0, 0.05) is 32.4 Å². The van der Waals surface area contributed by atoms with Gasteiger partial charge in [-0.25, -0.2) is 0 Å². The van der Waals surface area contributed by atoms with Crippen molar-refractivity contribution in [3.63, 3.8) is 0 Å². The van der Waals surface area contributed by atoms with E-state index in [9.17, 15) is 18.0 Å². The van der Waals surface area contributed by atoms with Crippen LogP contribution in [0.1, 0.15) is 24.6 Å². The molecule has 20 heavy (non-hydrogen) atoms. The Labute approximate surface area is 121 Å². The predicted molar refractivity (Wildman–Crippen MR) is 70.2 cm³/mol. The summed E-state index contributed by atoms with van der Waals surface area (Å²) < 4.78 is 39.3. The average molecular weight is 315 g/mol. The average Bonchev–Trinajstić information content (AvgIpc) is 2.67. The molecular weight excluding hydrogens is 297 g/mol. The van der Waals surface area contributed by atoms with Crippen molar-refractivity contribution in [2.75, 3.05) is 7.05 Å². The van der Waals surface area contributed by atoms with Gasteiger partial charge in [0.25, 0.3) is 0 Å². The van der Waals surface area contributed by atoms with Crippen LogP contribution in [0.5, 0.6) is 0 Å². The first kappa shape index (κ1) is 18.7. The zero-order valence-electron chi connectivity index (χ0n) is 11.4. The quantitative estimate of drug-likeness (QED) is 0.917. The van der Waals surface area contributed by atoms with Crippen molar-refractivity contribution < 1.29 is 18.0 Å². The SMILES string of the molecule is CCC(N)C(=O)N(C)Cc1cn(C)nc1C(F)(F)F.Cl. The maximum Gasteiger partial charge on any atom is 0.435 e. The first-order valence-electron chi connectivity index (χ1n) is 5.77. The molecule has 116 valence electrons. The Morgan fingerprint density at radius 3 is 2.55 bits per heavy atom. The minimum Gasteiger partial charge on any atom is -0.340 e. The van der Waals surface area contributed by atoms with Crippen molar-refractivity contribution in [3.8, 4) is 0 Å². The minimum atomic E-state index is -4.53. The van der Waals surface area contributed by atoms with E-state index < -0.39 is 17.9 Å². The fourth-order valence-corrected chi connectivity index (χ4v) is 1.68. The first-order chi connectivity index (χ1) is 8.66. The molecular formula is C11H18ClF3N4O. The summed E-state index contributed by atoms with van der Waals surface area (Å²) in [5.41, 5.74) is 4.55. The van der Waals surface area contributed by atoms with Crippen LogP contribution in [0.3, 0.4) is 0 Å². The summed E-state index contributed by atoms with van der Waals surface area (Å²) in [5, 5.41) is 3.38. The molecule has 1 atom stereocenters. The Morgan fingerprint density at radius 2 is 2.10 bits per heavy atom. The molecule has 9 heteroatoms. The number of hydrogen-bond acceptors (Lipinski definition) is 3. The Hall–Kier alpha value is -1.28. The highest BCUT2D eigenvalue weighted by atomic mass is 35.5. The third-order valence-electron chi connectivity index (χ3n) is 2.71. The second kappa shape index (κ2) is 6.94. The van der Waals surface area contributed by atoms with Gasteiger partial charge >= 0.3 is 6.18 Å². The van der Waals surface area contributed by atoms with Gasteiger partial charge in [-0.15, -0.1) is 12.4 Å². The number of amides is 1. The number of hydrogen-bond donors (Lipinski definition) is 1. The highest BCUT2D eigenvalue weighted by molar-refractivity contribution is 5.85. The normalized spacial score (nSPS) is 12.8. The van der Waals surface area contributed by atoms with Crippen molar-refractivity contribution in [1.29, 1.82) is 0 Å². The Bertz CT molecular complexity index is 461. The molecule has 1 unspecified atom stereocenters.